The van der Waals surface area contributed by atoms with Gasteiger partial charge in [0.05, 0.1) is 0 Å². The van der Waals surface area contributed by atoms with E-state index < -0.39 is 10.8 Å². The van der Waals surface area contributed by atoms with E-state index in [1.165, 1.54) is 6.42 Å². The van der Waals surface area contributed by atoms with E-state index in [1.807, 2.05) is 37.4 Å². The molecule has 2 atom stereocenters. The molecule has 2 rings (SSSR count). The minimum Gasteiger partial charge on any atom is -0.355 e. The highest BCUT2D eigenvalue weighted by Crippen LogP contribution is 2.20. The van der Waals surface area contributed by atoms with Crippen LogP contribution in [0, 0.1) is 0 Å². The fourth-order valence-electron chi connectivity index (χ4n) is 2.60. The molecule has 0 aliphatic carbocycles. The summed E-state index contributed by atoms with van der Waals surface area (Å²) in [5.74, 6) is 3.37. The first-order valence-corrected chi connectivity index (χ1v) is 10.7. The lowest BCUT2D eigenvalue weighted by Gasteiger charge is -2.34. The molecule has 1 heterocycles. The third-order valence-corrected chi connectivity index (χ3v) is 6.58. The largest absolute Gasteiger partial charge is 0.355 e. The van der Waals surface area contributed by atoms with Crippen LogP contribution in [0.4, 0.5) is 0 Å². The zero-order valence-corrected chi connectivity index (χ0v) is 15.7. The van der Waals surface area contributed by atoms with Crippen molar-refractivity contribution in [2.45, 2.75) is 24.3 Å². The van der Waals surface area contributed by atoms with Crippen LogP contribution in [-0.2, 0) is 16.6 Å². The smallest absolute Gasteiger partial charge is 0.193 e. The molecule has 0 bridgehead atoms. The molecule has 1 fully saturated rings. The molecule has 6 heteroatoms. The summed E-state index contributed by atoms with van der Waals surface area (Å²) in [5, 5.41) is 4.06. The Labute approximate surface area is 146 Å². The van der Waals surface area contributed by atoms with Crippen LogP contribution in [-0.4, -0.2) is 58.5 Å². The van der Waals surface area contributed by atoms with Crippen molar-refractivity contribution in [1.82, 2.24) is 10.2 Å². The van der Waals surface area contributed by atoms with E-state index in [4.69, 9.17) is 0 Å². The molecule has 1 saturated heterocycles. The van der Waals surface area contributed by atoms with Crippen LogP contribution in [0.1, 0.15) is 18.9 Å². The standard InChI is InChI=1S/C17H27N3OS2/c1-3-16-13-20(10-11-22-16)17(18-2)19-9-12-23(21)14-15-7-5-4-6-8-15/h4-8,16H,3,9-14H2,1-2H3,(H,18,19). The molecular formula is C17H27N3OS2. The van der Waals surface area contributed by atoms with E-state index >= 15 is 0 Å². The number of thioether (sulfide) groups is 1. The summed E-state index contributed by atoms with van der Waals surface area (Å²) in [6.45, 7) is 5.03. The summed E-state index contributed by atoms with van der Waals surface area (Å²) in [6.07, 6.45) is 1.19. The molecule has 0 spiro atoms. The van der Waals surface area contributed by atoms with Crippen molar-refractivity contribution in [1.29, 1.82) is 0 Å². The maximum Gasteiger partial charge on any atom is 0.193 e. The minimum atomic E-state index is -0.843. The highest BCUT2D eigenvalue weighted by Gasteiger charge is 2.21. The third-order valence-electron chi connectivity index (χ3n) is 3.89. The first-order valence-electron chi connectivity index (χ1n) is 8.19. The van der Waals surface area contributed by atoms with E-state index in [9.17, 15) is 4.21 Å². The number of benzene rings is 1. The van der Waals surface area contributed by atoms with Crippen LogP contribution >= 0.6 is 11.8 Å². The number of hydrogen-bond acceptors (Lipinski definition) is 3. The highest BCUT2D eigenvalue weighted by atomic mass is 32.2. The van der Waals surface area contributed by atoms with Crippen molar-refractivity contribution < 1.29 is 4.21 Å². The van der Waals surface area contributed by atoms with Gasteiger partial charge in [0.1, 0.15) is 0 Å². The minimum absolute atomic E-state index is 0.624. The lowest BCUT2D eigenvalue weighted by Crippen LogP contribution is -2.48. The summed E-state index contributed by atoms with van der Waals surface area (Å²) < 4.78 is 12.2. The van der Waals surface area contributed by atoms with Gasteiger partial charge in [-0.15, -0.1) is 0 Å². The Hall–Kier alpha value is -1.01. The molecule has 2 unspecified atom stereocenters. The number of nitrogens with one attached hydrogen (secondary N) is 1. The summed E-state index contributed by atoms with van der Waals surface area (Å²) in [4.78, 5) is 6.71. The average Bonchev–Trinajstić information content (AvgIpc) is 2.59. The Bertz CT molecular complexity index is 522. The van der Waals surface area contributed by atoms with Crippen molar-refractivity contribution in [2.24, 2.45) is 4.99 Å². The third kappa shape index (κ3) is 6.18. The Morgan fingerprint density at radius 3 is 2.91 bits per heavy atom. The predicted molar refractivity (Wildman–Crippen MR) is 103 cm³/mol. The molecule has 0 saturated carbocycles. The van der Waals surface area contributed by atoms with Gasteiger partial charge in [0.25, 0.3) is 0 Å². The van der Waals surface area contributed by atoms with Crippen molar-refractivity contribution >= 4 is 28.5 Å². The molecule has 1 N–H and O–H groups in total. The number of rotatable bonds is 6. The number of guanidine groups is 1. The Kier molecular flexibility index (Phi) is 7.95. The zero-order valence-electron chi connectivity index (χ0n) is 14.0. The van der Waals surface area contributed by atoms with Crippen LogP contribution in [0.15, 0.2) is 35.3 Å². The SMILES string of the molecule is CCC1CN(C(=NC)NCCS(=O)Cc2ccccc2)CCS1. The predicted octanol–water partition coefficient (Wildman–Crippen LogP) is 2.34. The van der Waals surface area contributed by atoms with Gasteiger partial charge in [0.15, 0.2) is 5.96 Å². The number of hydrogen-bond donors (Lipinski definition) is 1. The van der Waals surface area contributed by atoms with Gasteiger partial charge in [-0.05, 0) is 12.0 Å². The molecule has 0 amide bonds. The molecule has 128 valence electrons. The van der Waals surface area contributed by atoms with Gasteiger partial charge in [-0.25, -0.2) is 0 Å². The molecule has 23 heavy (non-hydrogen) atoms. The first-order chi connectivity index (χ1) is 11.2. The lowest BCUT2D eigenvalue weighted by molar-refractivity contribution is 0.409. The van der Waals surface area contributed by atoms with E-state index in [2.05, 4.69) is 33.9 Å². The van der Waals surface area contributed by atoms with Gasteiger partial charge in [0, 0.05) is 60.0 Å². The van der Waals surface area contributed by atoms with Gasteiger partial charge in [0.2, 0.25) is 0 Å². The van der Waals surface area contributed by atoms with Crippen LogP contribution in [0.3, 0.4) is 0 Å². The van der Waals surface area contributed by atoms with Gasteiger partial charge in [-0.1, -0.05) is 37.3 Å². The number of nitrogens with zero attached hydrogens (tertiary/aromatic N) is 2. The van der Waals surface area contributed by atoms with Crippen LogP contribution in [0.25, 0.3) is 0 Å². The topological polar surface area (TPSA) is 44.7 Å². The second-order valence-electron chi connectivity index (χ2n) is 5.59. The molecule has 0 aromatic heterocycles. The van der Waals surface area contributed by atoms with Crippen molar-refractivity contribution in [3.05, 3.63) is 35.9 Å². The van der Waals surface area contributed by atoms with Crippen LogP contribution < -0.4 is 5.32 Å². The van der Waals surface area contributed by atoms with Crippen molar-refractivity contribution in [3.63, 3.8) is 0 Å². The molecule has 0 radical (unpaired) electrons. The molecule has 4 nitrogen and oxygen atoms in total. The maximum absolute atomic E-state index is 12.2. The molecule has 1 aromatic rings. The van der Waals surface area contributed by atoms with E-state index in [1.54, 1.807) is 0 Å². The first kappa shape index (κ1) is 18.3. The van der Waals surface area contributed by atoms with Crippen molar-refractivity contribution in [3.8, 4) is 0 Å². The molecule has 1 aliphatic rings. The van der Waals surface area contributed by atoms with Gasteiger partial charge < -0.3 is 10.2 Å². The van der Waals surface area contributed by atoms with E-state index in [0.29, 0.717) is 23.3 Å². The monoisotopic (exact) mass is 353 g/mol. The lowest BCUT2D eigenvalue weighted by atomic mass is 10.2. The quantitative estimate of drug-likeness (QED) is 0.630. The van der Waals surface area contributed by atoms with E-state index in [0.717, 1.165) is 30.4 Å². The Balaban J connectivity index is 1.74. The molecule has 1 aliphatic heterocycles. The fourth-order valence-corrected chi connectivity index (χ4v) is 4.82. The van der Waals surface area contributed by atoms with E-state index in [-0.39, 0.29) is 0 Å². The van der Waals surface area contributed by atoms with Crippen LogP contribution in [0.5, 0.6) is 0 Å². The average molecular weight is 354 g/mol. The summed E-state index contributed by atoms with van der Waals surface area (Å²) in [7, 11) is 0.982. The molecule has 1 aromatic carbocycles. The molecular weight excluding hydrogens is 326 g/mol. The normalized spacial score (nSPS) is 20.3. The van der Waals surface area contributed by atoms with Crippen LogP contribution in [0.2, 0.25) is 0 Å². The maximum atomic E-state index is 12.2. The zero-order chi connectivity index (χ0) is 16.5. The summed E-state index contributed by atoms with van der Waals surface area (Å²) in [6, 6.07) is 10.0. The second-order valence-corrected chi connectivity index (χ2v) is 8.58. The second kappa shape index (κ2) is 9.98. The number of aliphatic imine (C=N–C) groups is 1. The van der Waals surface area contributed by atoms with Gasteiger partial charge >= 0.3 is 0 Å². The Morgan fingerprint density at radius 2 is 2.22 bits per heavy atom. The summed E-state index contributed by atoms with van der Waals surface area (Å²) >= 11 is 2.05. The summed E-state index contributed by atoms with van der Waals surface area (Å²) in [5.41, 5.74) is 1.13. The fraction of sp³-hybridized carbons (Fsp3) is 0.588. The highest BCUT2D eigenvalue weighted by molar-refractivity contribution is 8.00. The van der Waals surface area contributed by atoms with Gasteiger partial charge in [-0.2, -0.15) is 11.8 Å². The Morgan fingerprint density at radius 1 is 1.43 bits per heavy atom. The van der Waals surface area contributed by atoms with Gasteiger partial charge in [-0.3, -0.25) is 9.20 Å². The van der Waals surface area contributed by atoms with Crippen molar-refractivity contribution in [2.75, 3.05) is 38.2 Å².